The highest BCUT2D eigenvalue weighted by atomic mass is 19.1. The number of para-hydroxylation sites is 3. The van der Waals surface area contributed by atoms with Crippen molar-refractivity contribution in [3.05, 3.63) is 95.6 Å². The van der Waals surface area contributed by atoms with Crippen LogP contribution in [0.15, 0.2) is 72.8 Å². The number of hydrogen-bond donors (Lipinski definition) is 0. The van der Waals surface area contributed by atoms with Gasteiger partial charge in [0.15, 0.2) is 0 Å². The van der Waals surface area contributed by atoms with Crippen molar-refractivity contribution in [3.63, 3.8) is 0 Å². The first-order valence-electron chi connectivity index (χ1n) is 10.7. The van der Waals surface area contributed by atoms with Crippen LogP contribution in [0, 0.1) is 5.82 Å². The van der Waals surface area contributed by atoms with Gasteiger partial charge >= 0.3 is 0 Å². The van der Waals surface area contributed by atoms with Crippen LogP contribution >= 0.6 is 0 Å². The topological polar surface area (TPSA) is 38.1 Å². The average molecular weight is 413 g/mol. The van der Waals surface area contributed by atoms with Crippen LogP contribution in [0.5, 0.6) is 0 Å². The molecule has 1 aliphatic rings. The molecule has 2 heterocycles. The van der Waals surface area contributed by atoms with Crippen molar-refractivity contribution < 1.29 is 9.18 Å². The predicted molar refractivity (Wildman–Crippen MR) is 121 cm³/mol. The third kappa shape index (κ3) is 3.50. The Kier molecular flexibility index (Phi) is 5.02. The Balaban J connectivity index is 1.55. The number of fused-ring (bicyclic) bond motifs is 1. The van der Waals surface area contributed by atoms with Gasteiger partial charge in [-0.15, -0.1) is 0 Å². The molecule has 1 unspecified atom stereocenters. The standard InChI is InChI=1S/C26H24FN3O/c1-2-18-9-4-7-13-23(18)29-17-20(15-25(29)31)26-28-22-12-6-8-14-24(22)30(26)16-19-10-3-5-11-21(19)27/h3-14,20H,2,15-17H2,1H3. The molecule has 0 aliphatic carbocycles. The average Bonchev–Trinajstić information content (AvgIpc) is 3.36. The molecule has 5 rings (SSSR count). The molecule has 1 amide bonds. The zero-order valence-corrected chi connectivity index (χ0v) is 17.5. The van der Waals surface area contributed by atoms with E-state index in [4.69, 9.17) is 4.98 Å². The highest BCUT2D eigenvalue weighted by Crippen LogP contribution is 2.35. The Morgan fingerprint density at radius 3 is 2.48 bits per heavy atom. The fraction of sp³-hybridized carbons (Fsp3) is 0.231. The first-order valence-corrected chi connectivity index (χ1v) is 10.7. The van der Waals surface area contributed by atoms with Gasteiger partial charge in [0.25, 0.3) is 0 Å². The predicted octanol–water partition coefficient (Wildman–Crippen LogP) is 5.31. The summed E-state index contributed by atoms with van der Waals surface area (Å²) in [6.07, 6.45) is 1.27. The third-order valence-corrected chi connectivity index (χ3v) is 6.12. The van der Waals surface area contributed by atoms with E-state index in [1.165, 1.54) is 6.07 Å². The van der Waals surface area contributed by atoms with Crippen molar-refractivity contribution in [2.75, 3.05) is 11.4 Å². The SMILES string of the molecule is CCc1ccccc1N1CC(c2nc3ccccc3n2Cc2ccccc2F)CC1=O. The number of nitrogens with zero attached hydrogens (tertiary/aromatic N) is 3. The van der Waals surface area contributed by atoms with Crippen LogP contribution in [-0.2, 0) is 17.8 Å². The van der Waals surface area contributed by atoms with Gasteiger partial charge in [0, 0.05) is 30.1 Å². The Labute approximate surface area is 181 Å². The molecule has 0 N–H and O–H groups in total. The van der Waals surface area contributed by atoms with Gasteiger partial charge in [-0.3, -0.25) is 4.79 Å². The van der Waals surface area contributed by atoms with Crippen LogP contribution in [0.1, 0.15) is 36.2 Å². The Morgan fingerprint density at radius 1 is 0.968 bits per heavy atom. The van der Waals surface area contributed by atoms with Gasteiger partial charge < -0.3 is 9.47 Å². The van der Waals surface area contributed by atoms with Crippen LogP contribution in [0.4, 0.5) is 10.1 Å². The zero-order valence-electron chi connectivity index (χ0n) is 17.5. The van der Waals surface area contributed by atoms with Crippen LogP contribution in [0.3, 0.4) is 0 Å². The lowest BCUT2D eigenvalue weighted by Crippen LogP contribution is -2.25. The van der Waals surface area contributed by atoms with E-state index in [1.54, 1.807) is 12.1 Å². The maximum atomic E-state index is 14.4. The second-order valence-electron chi connectivity index (χ2n) is 8.02. The third-order valence-electron chi connectivity index (χ3n) is 6.12. The van der Waals surface area contributed by atoms with E-state index in [1.807, 2.05) is 53.4 Å². The molecule has 31 heavy (non-hydrogen) atoms. The van der Waals surface area contributed by atoms with E-state index in [2.05, 4.69) is 17.6 Å². The maximum Gasteiger partial charge on any atom is 0.227 e. The second kappa shape index (κ2) is 7.99. The minimum atomic E-state index is -0.229. The van der Waals surface area contributed by atoms with Gasteiger partial charge in [0.05, 0.1) is 17.6 Å². The van der Waals surface area contributed by atoms with Crippen LogP contribution in [0.2, 0.25) is 0 Å². The van der Waals surface area contributed by atoms with Crippen LogP contribution in [-0.4, -0.2) is 22.0 Å². The molecule has 1 aliphatic heterocycles. The first-order chi connectivity index (χ1) is 15.2. The number of halogens is 1. The number of carbonyl (C=O) groups excluding carboxylic acids is 1. The monoisotopic (exact) mass is 413 g/mol. The fourth-order valence-electron chi connectivity index (χ4n) is 4.56. The van der Waals surface area contributed by atoms with Crippen molar-refractivity contribution in [1.29, 1.82) is 0 Å². The van der Waals surface area contributed by atoms with Crippen molar-refractivity contribution in [2.24, 2.45) is 0 Å². The lowest BCUT2D eigenvalue weighted by molar-refractivity contribution is -0.117. The largest absolute Gasteiger partial charge is 0.323 e. The molecule has 0 radical (unpaired) electrons. The van der Waals surface area contributed by atoms with E-state index in [9.17, 15) is 9.18 Å². The summed E-state index contributed by atoms with van der Waals surface area (Å²) >= 11 is 0. The molecule has 0 bridgehead atoms. The van der Waals surface area contributed by atoms with Gasteiger partial charge in [-0.2, -0.15) is 0 Å². The van der Waals surface area contributed by atoms with Crippen molar-refractivity contribution in [1.82, 2.24) is 9.55 Å². The number of benzene rings is 3. The molecule has 5 heteroatoms. The summed E-state index contributed by atoms with van der Waals surface area (Å²) in [5.74, 6) is 0.675. The molecule has 1 atom stereocenters. The Hall–Kier alpha value is -3.47. The van der Waals surface area contributed by atoms with Crippen molar-refractivity contribution in [3.8, 4) is 0 Å². The summed E-state index contributed by atoms with van der Waals surface area (Å²) < 4.78 is 16.5. The second-order valence-corrected chi connectivity index (χ2v) is 8.02. The smallest absolute Gasteiger partial charge is 0.227 e. The van der Waals surface area contributed by atoms with E-state index >= 15 is 0 Å². The van der Waals surface area contributed by atoms with Gasteiger partial charge in [0.2, 0.25) is 5.91 Å². The van der Waals surface area contributed by atoms with Gasteiger partial charge in [-0.25, -0.2) is 9.37 Å². The number of aromatic nitrogens is 2. The highest BCUT2D eigenvalue weighted by Gasteiger charge is 2.35. The summed E-state index contributed by atoms with van der Waals surface area (Å²) in [5.41, 5.74) is 4.59. The maximum absolute atomic E-state index is 14.4. The van der Waals surface area contributed by atoms with E-state index in [0.29, 0.717) is 25.1 Å². The van der Waals surface area contributed by atoms with Gasteiger partial charge in [0.1, 0.15) is 11.6 Å². The molecular weight excluding hydrogens is 389 g/mol. The molecule has 1 fully saturated rings. The first kappa shape index (κ1) is 19.5. The summed E-state index contributed by atoms with van der Waals surface area (Å²) in [7, 11) is 0. The number of hydrogen-bond acceptors (Lipinski definition) is 2. The summed E-state index contributed by atoms with van der Waals surface area (Å²) in [4.78, 5) is 19.8. The molecule has 1 saturated heterocycles. The lowest BCUT2D eigenvalue weighted by atomic mass is 10.1. The van der Waals surface area contributed by atoms with Crippen molar-refractivity contribution >= 4 is 22.6 Å². The quantitative estimate of drug-likeness (QED) is 0.445. The molecule has 4 aromatic rings. The fourth-order valence-corrected chi connectivity index (χ4v) is 4.56. The molecule has 3 aromatic carbocycles. The molecule has 0 spiro atoms. The zero-order chi connectivity index (χ0) is 21.4. The molecule has 1 aromatic heterocycles. The molecular formula is C26H24FN3O. The van der Waals surface area contributed by atoms with Crippen LogP contribution < -0.4 is 4.90 Å². The minimum absolute atomic E-state index is 0.0448. The van der Waals surface area contributed by atoms with Gasteiger partial charge in [-0.05, 0) is 36.2 Å². The van der Waals surface area contributed by atoms with Crippen LogP contribution in [0.25, 0.3) is 11.0 Å². The molecule has 0 saturated carbocycles. The number of amides is 1. The number of imidazole rings is 1. The van der Waals surface area contributed by atoms with Gasteiger partial charge in [-0.1, -0.05) is 55.5 Å². The summed E-state index contributed by atoms with van der Waals surface area (Å²) in [6.45, 7) is 3.07. The number of rotatable bonds is 5. The minimum Gasteiger partial charge on any atom is -0.323 e. The number of carbonyl (C=O) groups is 1. The van der Waals surface area contributed by atoms with E-state index in [0.717, 1.165) is 34.5 Å². The Morgan fingerprint density at radius 2 is 1.68 bits per heavy atom. The number of anilines is 1. The van der Waals surface area contributed by atoms with E-state index < -0.39 is 0 Å². The summed E-state index contributed by atoms with van der Waals surface area (Å²) in [6, 6.07) is 22.8. The highest BCUT2D eigenvalue weighted by molar-refractivity contribution is 5.97. The van der Waals surface area contributed by atoms with E-state index in [-0.39, 0.29) is 17.6 Å². The lowest BCUT2D eigenvalue weighted by Gasteiger charge is -2.20. The van der Waals surface area contributed by atoms with Crippen molar-refractivity contribution in [2.45, 2.75) is 32.2 Å². The number of aryl methyl sites for hydroxylation is 1. The molecule has 156 valence electrons. The summed E-state index contributed by atoms with van der Waals surface area (Å²) in [5, 5.41) is 0. The normalized spacial score (nSPS) is 16.4. The Bertz CT molecular complexity index is 1260. The molecule has 4 nitrogen and oxygen atoms in total.